The summed E-state index contributed by atoms with van der Waals surface area (Å²) in [5.74, 6) is 0. The molecule has 0 aliphatic heterocycles. The normalized spacial score (nSPS) is 15.5. The molecule has 1 atom stereocenters. The average molecular weight is 180 g/mol. The van der Waals surface area contributed by atoms with Crippen LogP contribution in [0.2, 0.25) is 0 Å². The fraction of sp³-hybridized carbons (Fsp3) is 0.667. The van der Waals surface area contributed by atoms with Crippen molar-refractivity contribution in [3.63, 3.8) is 0 Å². The number of phosphoric acid groups is 1. The third-order valence-corrected chi connectivity index (χ3v) is 1.88. The first kappa shape index (κ1) is 10.7. The number of rotatable bonds is 6. The highest BCUT2D eigenvalue weighted by atomic mass is 31.2. The molecule has 0 aromatic carbocycles. The van der Waals surface area contributed by atoms with E-state index in [2.05, 4.69) is 15.6 Å². The molecule has 0 aliphatic rings. The van der Waals surface area contributed by atoms with Gasteiger partial charge >= 0.3 is 7.82 Å². The Bertz CT molecular complexity index is 157. The van der Waals surface area contributed by atoms with Crippen LogP contribution in [0.5, 0.6) is 0 Å². The highest BCUT2D eigenvalue weighted by Gasteiger charge is 2.18. The Morgan fingerprint density at radius 2 is 2.36 bits per heavy atom. The van der Waals surface area contributed by atoms with E-state index in [1.807, 2.05) is 6.92 Å². The third-order valence-electron chi connectivity index (χ3n) is 0.960. The lowest BCUT2D eigenvalue weighted by molar-refractivity contribution is 0.186. The molecule has 1 N–H and O–H groups in total. The van der Waals surface area contributed by atoms with Crippen molar-refractivity contribution in [2.75, 3.05) is 6.61 Å². The van der Waals surface area contributed by atoms with E-state index < -0.39 is 7.82 Å². The summed E-state index contributed by atoms with van der Waals surface area (Å²) in [5, 5.41) is 0. The van der Waals surface area contributed by atoms with Crippen LogP contribution in [-0.2, 0) is 13.6 Å². The first-order valence-corrected chi connectivity index (χ1v) is 4.88. The van der Waals surface area contributed by atoms with E-state index in [1.54, 1.807) is 0 Å². The Morgan fingerprint density at radius 1 is 1.73 bits per heavy atom. The van der Waals surface area contributed by atoms with Gasteiger partial charge in [-0.25, -0.2) is 4.57 Å². The minimum Gasteiger partial charge on any atom is -0.413 e. The number of phosphoric ester groups is 1. The second-order valence-corrected chi connectivity index (χ2v) is 3.33. The molecular formula is C6H13O4P. The highest BCUT2D eigenvalue weighted by Crippen LogP contribution is 2.43. The maximum atomic E-state index is 10.7. The first-order valence-electron chi connectivity index (χ1n) is 3.39. The van der Waals surface area contributed by atoms with Crippen molar-refractivity contribution in [3.05, 3.63) is 12.8 Å². The van der Waals surface area contributed by atoms with E-state index in [1.165, 1.54) is 0 Å². The molecule has 0 aliphatic carbocycles. The summed E-state index contributed by atoms with van der Waals surface area (Å²) in [6.07, 6.45) is 2.55. The Kier molecular flexibility index (Phi) is 5.20. The van der Waals surface area contributed by atoms with Gasteiger partial charge in [-0.2, -0.15) is 0 Å². The van der Waals surface area contributed by atoms with Gasteiger partial charge in [-0.3, -0.25) is 9.42 Å². The molecule has 0 saturated heterocycles. The monoisotopic (exact) mass is 180 g/mol. The summed E-state index contributed by atoms with van der Waals surface area (Å²) in [4.78, 5) is 8.78. The quantitative estimate of drug-likeness (QED) is 0.386. The number of unbranched alkanes of at least 4 members (excludes halogenated alkanes) is 1. The number of hydrogen-bond acceptors (Lipinski definition) is 3. The van der Waals surface area contributed by atoms with E-state index in [0.717, 1.165) is 19.1 Å². The van der Waals surface area contributed by atoms with Crippen molar-refractivity contribution >= 4 is 7.82 Å². The molecule has 0 spiro atoms. The summed E-state index contributed by atoms with van der Waals surface area (Å²) in [5.41, 5.74) is 0. The summed E-state index contributed by atoms with van der Waals surface area (Å²) >= 11 is 0. The lowest BCUT2D eigenvalue weighted by Crippen LogP contribution is -1.92. The van der Waals surface area contributed by atoms with Crippen molar-refractivity contribution < 1.29 is 18.5 Å². The zero-order valence-electron chi connectivity index (χ0n) is 6.52. The average Bonchev–Trinajstić information content (AvgIpc) is 1.87. The Balaban J connectivity index is 3.55. The van der Waals surface area contributed by atoms with Gasteiger partial charge in [0.2, 0.25) is 0 Å². The smallest absolute Gasteiger partial charge is 0.413 e. The molecule has 0 fully saturated rings. The van der Waals surface area contributed by atoms with E-state index in [-0.39, 0.29) is 6.61 Å². The van der Waals surface area contributed by atoms with E-state index in [9.17, 15) is 4.57 Å². The van der Waals surface area contributed by atoms with Gasteiger partial charge in [0.05, 0.1) is 12.9 Å². The molecule has 66 valence electrons. The van der Waals surface area contributed by atoms with E-state index in [0.29, 0.717) is 0 Å². The number of hydrogen-bond donors (Lipinski definition) is 1. The third kappa shape index (κ3) is 6.10. The van der Waals surface area contributed by atoms with Gasteiger partial charge in [-0.15, -0.1) is 0 Å². The maximum absolute atomic E-state index is 10.7. The lowest BCUT2D eigenvalue weighted by Gasteiger charge is -2.08. The molecule has 4 nitrogen and oxygen atoms in total. The van der Waals surface area contributed by atoms with Crippen LogP contribution in [0.3, 0.4) is 0 Å². The zero-order chi connectivity index (χ0) is 8.74. The van der Waals surface area contributed by atoms with Gasteiger partial charge in [-0.1, -0.05) is 19.9 Å². The maximum Gasteiger partial charge on any atom is 0.526 e. The highest BCUT2D eigenvalue weighted by molar-refractivity contribution is 7.47. The molecular weight excluding hydrogens is 167 g/mol. The summed E-state index contributed by atoms with van der Waals surface area (Å²) in [6.45, 7) is 5.33. The van der Waals surface area contributed by atoms with Crippen LogP contribution in [0.25, 0.3) is 0 Å². The van der Waals surface area contributed by atoms with Crippen LogP contribution in [-0.4, -0.2) is 11.5 Å². The second kappa shape index (κ2) is 5.35. The van der Waals surface area contributed by atoms with Crippen LogP contribution in [0.1, 0.15) is 19.8 Å². The van der Waals surface area contributed by atoms with Gasteiger partial charge in [0, 0.05) is 0 Å². The van der Waals surface area contributed by atoms with Crippen LogP contribution < -0.4 is 0 Å². The van der Waals surface area contributed by atoms with E-state index in [4.69, 9.17) is 4.89 Å². The Morgan fingerprint density at radius 3 is 2.82 bits per heavy atom. The van der Waals surface area contributed by atoms with Gasteiger partial charge in [0.15, 0.2) is 0 Å². The van der Waals surface area contributed by atoms with Crippen molar-refractivity contribution in [1.29, 1.82) is 0 Å². The molecule has 0 heterocycles. The summed E-state index contributed by atoms with van der Waals surface area (Å²) < 4.78 is 19.5. The van der Waals surface area contributed by atoms with Crippen molar-refractivity contribution in [2.24, 2.45) is 0 Å². The minimum atomic E-state index is -3.84. The molecule has 0 aromatic heterocycles. The molecule has 0 rings (SSSR count). The van der Waals surface area contributed by atoms with Gasteiger partial charge in [0.1, 0.15) is 0 Å². The zero-order valence-corrected chi connectivity index (χ0v) is 7.42. The minimum absolute atomic E-state index is 0.234. The molecule has 0 amide bonds. The molecule has 5 heteroatoms. The summed E-state index contributed by atoms with van der Waals surface area (Å²) in [6, 6.07) is 0. The molecule has 0 saturated carbocycles. The standard InChI is InChI=1S/C6H13O4P/c1-3-5-6-10-11(7,8)9-4-2/h4H,2-3,5-6H2,1H3,(H,7,8). The Labute approximate surface area is 66.4 Å². The fourth-order valence-corrected chi connectivity index (χ4v) is 1.06. The lowest BCUT2D eigenvalue weighted by atomic mass is 10.4. The predicted molar refractivity (Wildman–Crippen MR) is 42.0 cm³/mol. The summed E-state index contributed by atoms with van der Waals surface area (Å²) in [7, 11) is -3.84. The van der Waals surface area contributed by atoms with Crippen molar-refractivity contribution in [3.8, 4) is 0 Å². The van der Waals surface area contributed by atoms with Gasteiger partial charge < -0.3 is 4.52 Å². The van der Waals surface area contributed by atoms with Crippen LogP contribution in [0.15, 0.2) is 12.8 Å². The Hall–Kier alpha value is -0.310. The second-order valence-electron chi connectivity index (χ2n) is 1.93. The molecule has 0 aromatic rings. The predicted octanol–water partition coefficient (Wildman–Crippen LogP) is 2.06. The topological polar surface area (TPSA) is 55.8 Å². The fourth-order valence-electron chi connectivity index (χ4n) is 0.449. The van der Waals surface area contributed by atoms with Gasteiger partial charge in [0.25, 0.3) is 0 Å². The molecule has 11 heavy (non-hydrogen) atoms. The molecule has 0 radical (unpaired) electrons. The van der Waals surface area contributed by atoms with Crippen LogP contribution in [0, 0.1) is 0 Å². The van der Waals surface area contributed by atoms with Gasteiger partial charge in [-0.05, 0) is 6.42 Å². The van der Waals surface area contributed by atoms with Crippen LogP contribution >= 0.6 is 7.82 Å². The van der Waals surface area contributed by atoms with Crippen LogP contribution in [0.4, 0.5) is 0 Å². The van der Waals surface area contributed by atoms with E-state index >= 15 is 0 Å². The van der Waals surface area contributed by atoms with Crippen molar-refractivity contribution in [2.45, 2.75) is 19.8 Å². The molecule has 0 bridgehead atoms. The first-order chi connectivity index (χ1) is 5.12. The van der Waals surface area contributed by atoms with Crippen molar-refractivity contribution in [1.82, 2.24) is 0 Å². The SMILES string of the molecule is C=COP(=O)(O)OCCCC. The molecule has 1 unspecified atom stereocenters. The largest absolute Gasteiger partial charge is 0.526 e.